The summed E-state index contributed by atoms with van der Waals surface area (Å²) >= 11 is 0.754. The molecular weight excluding hydrogens is 516 g/mol. The molecule has 11 nitrogen and oxygen atoms in total. The topological polar surface area (TPSA) is 142 Å². The van der Waals surface area contributed by atoms with Crippen molar-refractivity contribution in [3.63, 3.8) is 0 Å². The molecule has 6 rings (SSSR count). The normalized spacial score (nSPS) is 19.8. The summed E-state index contributed by atoms with van der Waals surface area (Å²) in [5.74, 6) is 0.293. The number of fused-ring (bicyclic) bond motifs is 1. The average Bonchev–Trinajstić information content (AvgIpc) is 3.59. The molecule has 3 aromatic rings. The summed E-state index contributed by atoms with van der Waals surface area (Å²) in [4.78, 5) is 15.1. The molecule has 0 atom stereocenters. The van der Waals surface area contributed by atoms with Crippen molar-refractivity contribution in [3.05, 3.63) is 23.5 Å². The van der Waals surface area contributed by atoms with Crippen molar-refractivity contribution >= 4 is 39.0 Å². The van der Waals surface area contributed by atoms with E-state index in [1.807, 2.05) is 6.92 Å². The minimum absolute atomic E-state index is 0.0815. The average molecular weight is 542 g/mol. The number of piperazine rings is 1. The number of anilines is 1. The first-order valence-electron chi connectivity index (χ1n) is 11.3. The van der Waals surface area contributed by atoms with Crippen molar-refractivity contribution in [2.75, 3.05) is 24.5 Å². The lowest BCUT2D eigenvalue weighted by atomic mass is 10.1. The van der Waals surface area contributed by atoms with E-state index in [0.717, 1.165) is 62.3 Å². The van der Waals surface area contributed by atoms with Crippen LogP contribution < -0.4 is 14.9 Å². The second-order valence-corrected chi connectivity index (χ2v) is 12.2. The number of pyridine rings is 1. The summed E-state index contributed by atoms with van der Waals surface area (Å²) in [5.41, 5.74) is 1.11. The molecule has 4 heterocycles. The highest BCUT2D eigenvalue weighted by Gasteiger charge is 2.46. The van der Waals surface area contributed by atoms with Crippen LogP contribution in [0.3, 0.4) is 0 Å². The predicted octanol–water partition coefficient (Wildman–Crippen LogP) is 2.26. The lowest BCUT2D eigenvalue weighted by Crippen LogP contribution is -2.52. The number of hydrogen-bond donors (Lipinski definition) is 3. The Labute approximate surface area is 209 Å². The van der Waals surface area contributed by atoms with E-state index in [4.69, 9.17) is 9.90 Å². The maximum absolute atomic E-state index is 13.3. The number of hydrogen-bond acceptors (Lipinski definition) is 9. The number of halogens is 2. The quantitative estimate of drug-likeness (QED) is 0.401. The molecular formula is C21H25F2N7O4S2. The van der Waals surface area contributed by atoms with Crippen molar-refractivity contribution in [2.45, 2.75) is 55.0 Å². The Hall–Kier alpha value is -2.75. The summed E-state index contributed by atoms with van der Waals surface area (Å²) in [6.45, 7) is 3.93. The van der Waals surface area contributed by atoms with E-state index in [2.05, 4.69) is 30.1 Å². The van der Waals surface area contributed by atoms with Gasteiger partial charge in [-0.25, -0.2) is 26.9 Å². The minimum Gasteiger partial charge on any atom is -0.483 e. The van der Waals surface area contributed by atoms with Gasteiger partial charge in [-0.05, 0) is 38.7 Å². The van der Waals surface area contributed by atoms with Crippen molar-refractivity contribution in [1.29, 1.82) is 0 Å². The SMILES string of the molecule is CC1(NS(=O)(=O)c2cc(N3CCNC4(CC4)C3)c3cnc(-c4nnc(C(F)F)s4)n3c2)CC1.O=CO. The highest BCUT2D eigenvalue weighted by Crippen LogP contribution is 2.41. The molecule has 1 saturated heterocycles. The van der Waals surface area contributed by atoms with E-state index < -0.39 is 27.0 Å². The maximum Gasteiger partial charge on any atom is 0.291 e. The molecule has 1 aliphatic heterocycles. The smallest absolute Gasteiger partial charge is 0.291 e. The van der Waals surface area contributed by atoms with Crippen LogP contribution in [0.5, 0.6) is 0 Å². The number of imidazole rings is 1. The molecule has 3 fully saturated rings. The molecule has 0 bridgehead atoms. The van der Waals surface area contributed by atoms with Gasteiger partial charge in [0.2, 0.25) is 10.0 Å². The molecule has 3 aromatic heterocycles. The third-order valence-corrected chi connectivity index (χ3v) is 9.21. The second-order valence-electron chi connectivity index (χ2n) is 9.54. The highest BCUT2D eigenvalue weighted by atomic mass is 32.2. The maximum atomic E-state index is 13.3. The van der Waals surface area contributed by atoms with Crippen LogP contribution in [-0.2, 0) is 14.8 Å². The van der Waals surface area contributed by atoms with E-state index in [0.29, 0.717) is 11.3 Å². The number of carbonyl (C=O) groups is 1. The minimum atomic E-state index is -3.80. The Morgan fingerprint density at radius 3 is 2.61 bits per heavy atom. The molecule has 36 heavy (non-hydrogen) atoms. The molecule has 0 aromatic carbocycles. The van der Waals surface area contributed by atoms with Gasteiger partial charge < -0.3 is 15.3 Å². The first kappa shape index (κ1) is 24.9. The van der Waals surface area contributed by atoms with Gasteiger partial charge in [0.05, 0.1) is 17.4 Å². The van der Waals surface area contributed by atoms with Gasteiger partial charge in [-0.1, -0.05) is 11.3 Å². The van der Waals surface area contributed by atoms with Gasteiger partial charge in [-0.3, -0.25) is 9.20 Å². The standard InChI is InChI=1S/C20H23F2N7O2S2.CH2O2/c1-19(2-3-19)27-33(30,31)12-8-13(28-7-6-24-20(11-28)4-5-20)14-9-23-16(29(14)10-12)18-26-25-17(32-18)15(21)22;2-1-3/h8-10,15,24,27H,2-7,11H2,1H3;1H,(H,2,3). The molecule has 194 valence electrons. The number of nitrogens with one attached hydrogen (secondary N) is 2. The Balaban J connectivity index is 0.000000848. The number of aromatic nitrogens is 4. The molecule has 2 saturated carbocycles. The van der Waals surface area contributed by atoms with E-state index in [-0.39, 0.29) is 21.9 Å². The molecule has 1 spiro atoms. The summed E-state index contributed by atoms with van der Waals surface area (Å²) in [6.07, 6.45) is 4.16. The third-order valence-electron chi connectivity index (χ3n) is 6.67. The van der Waals surface area contributed by atoms with Crippen molar-refractivity contribution < 1.29 is 27.1 Å². The van der Waals surface area contributed by atoms with Crippen LogP contribution in [0.1, 0.15) is 44.0 Å². The largest absolute Gasteiger partial charge is 0.483 e. The van der Waals surface area contributed by atoms with E-state index in [1.54, 1.807) is 16.7 Å². The highest BCUT2D eigenvalue weighted by molar-refractivity contribution is 7.89. The fourth-order valence-electron chi connectivity index (χ4n) is 4.35. The van der Waals surface area contributed by atoms with Crippen LogP contribution in [0.25, 0.3) is 16.3 Å². The number of rotatable bonds is 6. The molecule has 3 N–H and O–H groups in total. The zero-order valence-corrected chi connectivity index (χ0v) is 20.9. The van der Waals surface area contributed by atoms with Crippen LogP contribution in [-0.4, -0.2) is 70.3 Å². The van der Waals surface area contributed by atoms with E-state index >= 15 is 0 Å². The summed E-state index contributed by atoms with van der Waals surface area (Å²) in [5, 5.41) is 17.7. The number of alkyl halides is 2. The Kier molecular flexibility index (Phi) is 6.21. The first-order valence-corrected chi connectivity index (χ1v) is 13.6. The fourth-order valence-corrected chi connectivity index (χ4v) is 6.52. The van der Waals surface area contributed by atoms with Crippen LogP contribution in [0.4, 0.5) is 14.5 Å². The van der Waals surface area contributed by atoms with Crippen molar-refractivity contribution in [2.24, 2.45) is 0 Å². The predicted molar refractivity (Wildman–Crippen MR) is 128 cm³/mol. The van der Waals surface area contributed by atoms with Crippen molar-refractivity contribution in [3.8, 4) is 10.8 Å². The summed E-state index contributed by atoms with van der Waals surface area (Å²) in [6, 6.07) is 1.70. The molecule has 0 amide bonds. The second kappa shape index (κ2) is 8.97. The van der Waals surface area contributed by atoms with Gasteiger partial charge in [0.25, 0.3) is 12.9 Å². The zero-order valence-electron chi connectivity index (χ0n) is 19.3. The number of sulfonamides is 1. The summed E-state index contributed by atoms with van der Waals surface area (Å²) in [7, 11) is -3.80. The van der Waals surface area contributed by atoms with Gasteiger partial charge in [0.15, 0.2) is 15.8 Å². The van der Waals surface area contributed by atoms with Crippen LogP contribution in [0, 0.1) is 0 Å². The van der Waals surface area contributed by atoms with E-state index in [9.17, 15) is 17.2 Å². The lowest BCUT2D eigenvalue weighted by molar-refractivity contribution is -0.122. The van der Waals surface area contributed by atoms with Gasteiger partial charge in [-0.15, -0.1) is 10.2 Å². The van der Waals surface area contributed by atoms with E-state index in [1.165, 1.54) is 6.20 Å². The van der Waals surface area contributed by atoms with Gasteiger partial charge in [0, 0.05) is 36.9 Å². The number of nitrogens with zero attached hydrogens (tertiary/aromatic N) is 5. The Morgan fingerprint density at radius 2 is 2.00 bits per heavy atom. The van der Waals surface area contributed by atoms with Gasteiger partial charge in [0.1, 0.15) is 4.90 Å². The van der Waals surface area contributed by atoms with Crippen molar-refractivity contribution in [1.82, 2.24) is 29.6 Å². The van der Waals surface area contributed by atoms with Gasteiger partial charge in [-0.2, -0.15) is 0 Å². The molecule has 0 radical (unpaired) electrons. The van der Waals surface area contributed by atoms with Crippen LogP contribution >= 0.6 is 11.3 Å². The summed E-state index contributed by atoms with van der Waals surface area (Å²) < 4.78 is 57.1. The lowest BCUT2D eigenvalue weighted by Gasteiger charge is -2.36. The third kappa shape index (κ3) is 4.79. The van der Waals surface area contributed by atoms with Crippen LogP contribution in [0.15, 0.2) is 23.4 Å². The van der Waals surface area contributed by atoms with Crippen LogP contribution in [0.2, 0.25) is 0 Å². The van der Waals surface area contributed by atoms with Gasteiger partial charge >= 0.3 is 0 Å². The Bertz CT molecular complexity index is 1400. The molecule has 15 heteroatoms. The molecule has 3 aliphatic rings. The molecule has 0 unspecified atom stereocenters. The Morgan fingerprint density at radius 1 is 1.28 bits per heavy atom. The molecule has 2 aliphatic carbocycles. The first-order chi connectivity index (χ1) is 17.1. The zero-order chi connectivity index (χ0) is 25.7. The fraction of sp³-hybridized carbons (Fsp3) is 0.524. The number of carboxylic acid groups (broad SMARTS) is 1. The monoisotopic (exact) mass is 541 g/mol.